The fourth-order valence-electron chi connectivity index (χ4n) is 6.01. The monoisotopic (exact) mass is 645 g/mol. The molecule has 15 heteroatoms. The molecule has 4 atom stereocenters. The molecule has 0 aliphatic carbocycles. The first-order valence-electron chi connectivity index (χ1n) is 14.5. The van der Waals surface area contributed by atoms with Crippen LogP contribution < -0.4 is 10.6 Å². The Balaban J connectivity index is 1.38. The summed E-state index contributed by atoms with van der Waals surface area (Å²) in [5.41, 5.74) is -4.32. The second-order valence-corrected chi connectivity index (χ2v) is 13.1. The molecule has 0 unspecified atom stereocenters. The van der Waals surface area contributed by atoms with Crippen molar-refractivity contribution in [3.63, 3.8) is 0 Å². The van der Waals surface area contributed by atoms with Gasteiger partial charge in [-0.3, -0.25) is 23.7 Å². The van der Waals surface area contributed by atoms with E-state index in [1.807, 2.05) is 37.3 Å². The quantitative estimate of drug-likeness (QED) is 0.246. The summed E-state index contributed by atoms with van der Waals surface area (Å²) in [4.78, 5) is 77.2. The van der Waals surface area contributed by atoms with E-state index in [2.05, 4.69) is 15.6 Å². The van der Waals surface area contributed by atoms with Crippen molar-refractivity contribution in [1.82, 2.24) is 25.4 Å². The predicted octanol–water partition coefficient (Wildman–Crippen LogP) is 2.98. The van der Waals surface area contributed by atoms with Gasteiger partial charge >= 0.3 is 13.3 Å². The van der Waals surface area contributed by atoms with Crippen LogP contribution in [0, 0.1) is 0 Å². The van der Waals surface area contributed by atoms with Crippen LogP contribution >= 0.6 is 7.60 Å². The first-order chi connectivity index (χ1) is 21.2. The second kappa shape index (κ2) is 12.3. The van der Waals surface area contributed by atoms with Gasteiger partial charge in [0.15, 0.2) is 0 Å². The van der Waals surface area contributed by atoms with E-state index in [4.69, 9.17) is 9.79 Å². The number of benzene rings is 2. The molecule has 3 heterocycles. The Morgan fingerprint density at radius 3 is 2.44 bits per heavy atom. The molecule has 0 radical (unpaired) electrons. The summed E-state index contributed by atoms with van der Waals surface area (Å²) >= 11 is 0. The number of alkyl halides is 2. The SMILES string of the molecule is CC(=O)N1CC[C@H]2CC[C@@H](C(=O)N[C@@H](C)c3ccccc3)N2C(=O)[C@@H](NC(=O)c2cc3cc(C(F)(F)P(=O)(O)O)ccc3[nH]2)C1. The number of amides is 4. The van der Waals surface area contributed by atoms with Crippen molar-refractivity contribution in [3.8, 4) is 0 Å². The smallest absolute Gasteiger partial charge is 0.351 e. The fourth-order valence-corrected chi connectivity index (χ4v) is 6.48. The number of hydrogen-bond acceptors (Lipinski definition) is 5. The highest BCUT2D eigenvalue weighted by Gasteiger charge is 2.50. The standard InChI is InChI=1S/C30H34F2N5O7P/c1-17(19-6-4-3-5-7-19)33-28(40)26-11-9-22-12-13-36(18(2)38)16-25(29(41)37(22)26)35-27(39)24-15-20-14-21(8-10-23(20)34-24)30(31,32)45(42,43)44/h3-8,10,14-15,17,22,25-26,34H,9,11-13,16H2,1-2H3,(H,33,40)(H,35,39)(H2,42,43,44)/t17-,22+,25-,26-/m0/s1. The molecule has 2 aromatic carbocycles. The number of rotatable bonds is 7. The maximum Gasteiger partial charge on any atom is 0.399 e. The van der Waals surface area contributed by atoms with Crippen molar-refractivity contribution in [3.05, 3.63) is 71.4 Å². The van der Waals surface area contributed by atoms with E-state index < -0.39 is 42.7 Å². The zero-order chi connectivity index (χ0) is 32.7. The Morgan fingerprint density at radius 2 is 1.78 bits per heavy atom. The molecular weight excluding hydrogens is 611 g/mol. The van der Waals surface area contributed by atoms with E-state index in [-0.39, 0.29) is 47.0 Å². The van der Waals surface area contributed by atoms with Crippen molar-refractivity contribution in [2.75, 3.05) is 13.1 Å². The predicted molar refractivity (Wildman–Crippen MR) is 159 cm³/mol. The first-order valence-corrected chi connectivity index (χ1v) is 16.1. The number of nitrogens with zero attached hydrogens (tertiary/aromatic N) is 2. The van der Waals surface area contributed by atoms with Gasteiger partial charge in [0.05, 0.1) is 6.04 Å². The van der Waals surface area contributed by atoms with Crippen molar-refractivity contribution in [1.29, 1.82) is 0 Å². The van der Waals surface area contributed by atoms with Gasteiger partial charge in [-0.05, 0) is 49.9 Å². The van der Waals surface area contributed by atoms with Gasteiger partial charge in [0.25, 0.3) is 5.91 Å². The highest BCUT2D eigenvalue weighted by molar-refractivity contribution is 7.52. The number of H-pyrrole nitrogens is 1. The maximum absolute atomic E-state index is 14.3. The van der Waals surface area contributed by atoms with Gasteiger partial charge in [0.2, 0.25) is 17.7 Å². The highest BCUT2D eigenvalue weighted by Crippen LogP contribution is 2.59. The maximum atomic E-state index is 14.3. The molecule has 5 N–H and O–H groups in total. The van der Waals surface area contributed by atoms with Crippen LogP contribution in [0.1, 0.15) is 60.8 Å². The molecule has 1 aromatic heterocycles. The lowest BCUT2D eigenvalue weighted by Gasteiger charge is -2.38. The molecule has 2 fully saturated rings. The molecule has 240 valence electrons. The lowest BCUT2D eigenvalue weighted by atomic mass is 10.1. The number of carbonyl (C=O) groups is 4. The van der Waals surface area contributed by atoms with E-state index >= 15 is 0 Å². The van der Waals surface area contributed by atoms with E-state index in [0.29, 0.717) is 25.8 Å². The van der Waals surface area contributed by atoms with Crippen LogP contribution in [0.15, 0.2) is 54.6 Å². The summed E-state index contributed by atoms with van der Waals surface area (Å²) in [7, 11) is -5.80. The largest absolute Gasteiger partial charge is 0.399 e. The third kappa shape index (κ3) is 6.49. The minimum absolute atomic E-state index is 0.0870. The number of carbonyl (C=O) groups excluding carboxylic acids is 4. The lowest BCUT2D eigenvalue weighted by Crippen LogP contribution is -2.61. The number of aromatic amines is 1. The van der Waals surface area contributed by atoms with Crippen molar-refractivity contribution >= 4 is 42.1 Å². The third-order valence-electron chi connectivity index (χ3n) is 8.48. The van der Waals surface area contributed by atoms with Gasteiger partial charge in [-0.1, -0.05) is 36.4 Å². The van der Waals surface area contributed by atoms with E-state index in [0.717, 1.165) is 23.8 Å². The zero-order valence-electron chi connectivity index (χ0n) is 24.6. The molecule has 4 amide bonds. The van der Waals surface area contributed by atoms with E-state index in [1.165, 1.54) is 22.8 Å². The molecule has 0 bridgehead atoms. The number of nitrogens with one attached hydrogen (secondary N) is 3. The van der Waals surface area contributed by atoms with Crippen molar-refractivity contribution in [2.45, 2.75) is 62.9 Å². The summed E-state index contributed by atoms with van der Waals surface area (Å²) in [5, 5.41) is 5.72. The number of hydrogen-bond donors (Lipinski definition) is 5. The zero-order valence-corrected chi connectivity index (χ0v) is 25.5. The minimum atomic E-state index is -5.80. The normalized spacial score (nSPS) is 21.6. The van der Waals surface area contributed by atoms with Gasteiger partial charge in [0, 0.05) is 42.5 Å². The Bertz CT molecular complexity index is 1680. The molecule has 45 heavy (non-hydrogen) atoms. The summed E-state index contributed by atoms with van der Waals surface area (Å²) in [6.07, 6.45) is 1.42. The topological polar surface area (TPSA) is 172 Å². The molecule has 3 aromatic rings. The first kappa shape index (κ1) is 32.3. The highest BCUT2D eigenvalue weighted by atomic mass is 31.2. The number of fused-ring (bicyclic) bond motifs is 2. The Hall–Kier alpha value is -4.13. The summed E-state index contributed by atoms with van der Waals surface area (Å²) in [6, 6.07) is 10.8. The van der Waals surface area contributed by atoms with E-state index in [9.17, 15) is 32.5 Å². The lowest BCUT2D eigenvalue weighted by molar-refractivity contribution is -0.145. The van der Waals surface area contributed by atoms with Gasteiger partial charge < -0.3 is 35.2 Å². The van der Waals surface area contributed by atoms with Gasteiger partial charge in [-0.2, -0.15) is 8.78 Å². The van der Waals surface area contributed by atoms with Crippen LogP contribution in [0.4, 0.5) is 8.78 Å². The van der Waals surface area contributed by atoms with Crippen LogP contribution in [0.25, 0.3) is 10.9 Å². The summed E-state index contributed by atoms with van der Waals surface area (Å²) < 4.78 is 39.9. The van der Waals surface area contributed by atoms with Crippen LogP contribution in [-0.4, -0.2) is 79.4 Å². The molecule has 12 nitrogen and oxygen atoms in total. The molecule has 2 aliphatic heterocycles. The Morgan fingerprint density at radius 1 is 1.07 bits per heavy atom. The van der Waals surface area contributed by atoms with Crippen LogP contribution in [0.5, 0.6) is 0 Å². The summed E-state index contributed by atoms with van der Waals surface area (Å²) in [5.74, 6) is -1.91. The molecule has 2 saturated heterocycles. The van der Waals surface area contributed by atoms with E-state index in [1.54, 1.807) is 0 Å². The third-order valence-corrected chi connectivity index (χ3v) is 9.47. The molecule has 0 saturated carbocycles. The average Bonchev–Trinajstić information content (AvgIpc) is 3.61. The average molecular weight is 646 g/mol. The fraction of sp³-hybridized carbons (Fsp3) is 0.400. The van der Waals surface area contributed by atoms with Gasteiger partial charge in [-0.15, -0.1) is 0 Å². The molecule has 2 aliphatic rings. The van der Waals surface area contributed by atoms with Crippen LogP contribution in [0.2, 0.25) is 0 Å². The number of halogens is 2. The Kier molecular flexibility index (Phi) is 8.85. The van der Waals surface area contributed by atoms with Gasteiger partial charge in [0.1, 0.15) is 17.8 Å². The van der Waals surface area contributed by atoms with Crippen LogP contribution in [0.3, 0.4) is 0 Å². The second-order valence-electron chi connectivity index (χ2n) is 11.5. The van der Waals surface area contributed by atoms with Crippen molar-refractivity contribution in [2.24, 2.45) is 0 Å². The van der Waals surface area contributed by atoms with Crippen LogP contribution in [-0.2, 0) is 24.6 Å². The Labute approximate surface area is 257 Å². The minimum Gasteiger partial charge on any atom is -0.351 e. The number of aromatic nitrogens is 1. The molecule has 0 spiro atoms. The molecular formula is C30H34F2N5O7P. The van der Waals surface area contributed by atoms with Crippen molar-refractivity contribution < 1.29 is 42.3 Å². The van der Waals surface area contributed by atoms with Gasteiger partial charge in [-0.25, -0.2) is 0 Å². The summed E-state index contributed by atoms with van der Waals surface area (Å²) in [6.45, 7) is 3.38. The molecule has 5 rings (SSSR count).